The van der Waals surface area contributed by atoms with E-state index in [1.807, 2.05) is 0 Å². The number of nitrogens with two attached hydrogens (primary N) is 1. The summed E-state index contributed by atoms with van der Waals surface area (Å²) in [5.74, 6) is 0.291. The maximum absolute atomic E-state index is 11.4. The molecule has 1 unspecified atom stereocenters. The number of hydrogen-bond acceptors (Lipinski definition) is 3. The van der Waals surface area contributed by atoms with Gasteiger partial charge in [-0.15, -0.1) is 12.4 Å². The highest BCUT2D eigenvalue weighted by molar-refractivity contribution is 6.07. The Bertz CT molecular complexity index is 267. The molecule has 0 bridgehead atoms. The average molecular weight is 220 g/mol. The summed E-state index contributed by atoms with van der Waals surface area (Å²) >= 11 is 0. The van der Waals surface area contributed by atoms with Crippen LogP contribution < -0.4 is 16.4 Å². The van der Waals surface area contributed by atoms with E-state index < -0.39 is 11.6 Å². The topological polar surface area (TPSA) is 84.2 Å². The molecule has 1 heterocycles. The minimum Gasteiger partial charge on any atom is -0.328 e. The summed E-state index contributed by atoms with van der Waals surface area (Å²) in [6, 6.07) is -0.420. The summed E-state index contributed by atoms with van der Waals surface area (Å²) in [4.78, 5) is 22.4. The Morgan fingerprint density at radius 2 is 2.07 bits per heavy atom. The highest BCUT2D eigenvalue weighted by atomic mass is 35.5. The zero-order valence-electron chi connectivity index (χ0n) is 7.71. The van der Waals surface area contributed by atoms with Gasteiger partial charge < -0.3 is 11.1 Å². The van der Waals surface area contributed by atoms with Crippen molar-refractivity contribution in [1.82, 2.24) is 10.6 Å². The van der Waals surface area contributed by atoms with Crippen LogP contribution in [0.15, 0.2) is 0 Å². The lowest BCUT2D eigenvalue weighted by atomic mass is 9.93. The summed E-state index contributed by atoms with van der Waals surface area (Å²) in [7, 11) is 0. The summed E-state index contributed by atoms with van der Waals surface area (Å²) in [5.41, 5.74) is 4.70. The fourth-order valence-electron chi connectivity index (χ4n) is 1.71. The Labute approximate surface area is 88.2 Å². The van der Waals surface area contributed by atoms with Gasteiger partial charge in [0.25, 0.3) is 5.91 Å². The number of carbonyl (C=O) groups is 2. The van der Waals surface area contributed by atoms with Crippen LogP contribution in [-0.2, 0) is 4.79 Å². The number of hydrogen-bond donors (Lipinski definition) is 3. The lowest BCUT2D eigenvalue weighted by molar-refractivity contribution is -0.124. The van der Waals surface area contributed by atoms with Gasteiger partial charge in [-0.2, -0.15) is 0 Å². The van der Waals surface area contributed by atoms with Crippen LogP contribution >= 0.6 is 12.4 Å². The molecular weight excluding hydrogens is 206 g/mol. The Morgan fingerprint density at radius 3 is 2.43 bits per heavy atom. The predicted molar refractivity (Wildman–Crippen MR) is 53.0 cm³/mol. The number of nitrogens with one attached hydrogen (secondary N) is 2. The van der Waals surface area contributed by atoms with Gasteiger partial charge in [0.05, 0.1) is 0 Å². The second kappa shape index (κ2) is 3.74. The first kappa shape index (κ1) is 11.3. The van der Waals surface area contributed by atoms with Gasteiger partial charge >= 0.3 is 6.03 Å². The first-order valence-corrected chi connectivity index (χ1v) is 4.50. The molecule has 1 aliphatic heterocycles. The Morgan fingerprint density at radius 1 is 1.43 bits per heavy atom. The third-order valence-corrected chi connectivity index (χ3v) is 2.70. The zero-order valence-corrected chi connectivity index (χ0v) is 8.52. The van der Waals surface area contributed by atoms with Crippen molar-refractivity contribution in [2.75, 3.05) is 6.54 Å². The van der Waals surface area contributed by atoms with Crippen LogP contribution in [0.5, 0.6) is 0 Å². The molecule has 2 aliphatic rings. The third kappa shape index (κ3) is 1.83. The largest absolute Gasteiger partial charge is 0.328 e. The van der Waals surface area contributed by atoms with Crippen molar-refractivity contribution in [3.8, 4) is 0 Å². The van der Waals surface area contributed by atoms with Crippen LogP contribution in [0.2, 0.25) is 0 Å². The second-order valence-electron chi connectivity index (χ2n) is 3.84. The minimum atomic E-state index is -0.821. The van der Waals surface area contributed by atoms with Gasteiger partial charge in [0.15, 0.2) is 0 Å². The lowest BCUT2D eigenvalue weighted by Crippen LogP contribution is -2.53. The molecule has 5 nitrogen and oxygen atoms in total. The predicted octanol–water partition coefficient (Wildman–Crippen LogP) is -0.255. The molecule has 3 amide bonds. The molecule has 2 rings (SSSR count). The van der Waals surface area contributed by atoms with E-state index in [2.05, 4.69) is 10.6 Å². The zero-order chi connectivity index (χ0) is 9.47. The molecule has 0 aromatic carbocycles. The highest BCUT2D eigenvalue weighted by Gasteiger charge is 2.47. The first-order valence-electron chi connectivity index (χ1n) is 4.50. The number of amides is 3. The molecule has 1 aliphatic carbocycles. The van der Waals surface area contributed by atoms with Gasteiger partial charge in [-0.25, -0.2) is 4.79 Å². The molecule has 6 heteroatoms. The van der Waals surface area contributed by atoms with E-state index in [1.54, 1.807) is 0 Å². The monoisotopic (exact) mass is 219 g/mol. The van der Waals surface area contributed by atoms with E-state index in [9.17, 15) is 9.59 Å². The summed E-state index contributed by atoms with van der Waals surface area (Å²) in [6.07, 6.45) is 2.97. The summed E-state index contributed by atoms with van der Waals surface area (Å²) in [6.45, 7) is 0.182. The van der Waals surface area contributed by atoms with Crippen LogP contribution in [0.4, 0.5) is 4.79 Å². The molecule has 14 heavy (non-hydrogen) atoms. The van der Waals surface area contributed by atoms with Crippen LogP contribution in [-0.4, -0.2) is 24.0 Å². The standard InChI is InChI=1S/C8H13N3O2.ClH/c9-4-8(3-5-1-2-5)6(12)10-7(13)11-8;/h5H,1-4,9H2,(H2,10,11,12,13);1H. The van der Waals surface area contributed by atoms with Crippen molar-refractivity contribution >= 4 is 24.3 Å². The van der Waals surface area contributed by atoms with Gasteiger partial charge in [0.2, 0.25) is 0 Å². The lowest BCUT2D eigenvalue weighted by Gasteiger charge is -2.23. The van der Waals surface area contributed by atoms with Gasteiger partial charge in [-0.05, 0) is 12.3 Å². The fraction of sp³-hybridized carbons (Fsp3) is 0.750. The van der Waals surface area contributed by atoms with Crippen molar-refractivity contribution in [1.29, 1.82) is 0 Å². The van der Waals surface area contributed by atoms with Crippen molar-refractivity contribution in [3.63, 3.8) is 0 Å². The van der Waals surface area contributed by atoms with E-state index >= 15 is 0 Å². The molecule has 1 saturated carbocycles. The Hall–Kier alpha value is -0.810. The van der Waals surface area contributed by atoms with E-state index in [0.717, 1.165) is 12.8 Å². The second-order valence-corrected chi connectivity index (χ2v) is 3.84. The smallest absolute Gasteiger partial charge is 0.322 e. The summed E-state index contributed by atoms with van der Waals surface area (Å²) < 4.78 is 0. The van der Waals surface area contributed by atoms with Gasteiger partial charge in [0, 0.05) is 6.54 Å². The quantitative estimate of drug-likeness (QED) is 0.572. The molecule has 1 atom stereocenters. The SMILES string of the molecule is Cl.NCC1(CC2CC2)NC(=O)NC1=O. The van der Waals surface area contributed by atoms with E-state index in [0.29, 0.717) is 12.3 Å². The number of imide groups is 1. The number of urea groups is 1. The van der Waals surface area contributed by atoms with E-state index in [-0.39, 0.29) is 24.9 Å². The van der Waals surface area contributed by atoms with Crippen molar-refractivity contribution < 1.29 is 9.59 Å². The maximum atomic E-state index is 11.4. The minimum absolute atomic E-state index is 0. The molecule has 0 spiro atoms. The number of carbonyl (C=O) groups excluding carboxylic acids is 2. The maximum Gasteiger partial charge on any atom is 0.322 e. The van der Waals surface area contributed by atoms with E-state index in [1.165, 1.54) is 0 Å². The molecule has 80 valence electrons. The van der Waals surface area contributed by atoms with E-state index in [4.69, 9.17) is 5.73 Å². The molecule has 0 radical (unpaired) electrons. The number of halogens is 1. The van der Waals surface area contributed by atoms with Gasteiger partial charge in [-0.3, -0.25) is 10.1 Å². The molecule has 0 aromatic rings. The summed E-state index contributed by atoms with van der Waals surface area (Å²) in [5, 5.41) is 4.84. The molecular formula is C8H14ClN3O2. The van der Waals surface area contributed by atoms with Crippen LogP contribution in [0.3, 0.4) is 0 Å². The molecule has 4 N–H and O–H groups in total. The van der Waals surface area contributed by atoms with Crippen molar-refractivity contribution in [2.45, 2.75) is 24.8 Å². The molecule has 1 saturated heterocycles. The normalized spacial score (nSPS) is 30.6. The van der Waals surface area contributed by atoms with Crippen LogP contribution in [0.25, 0.3) is 0 Å². The van der Waals surface area contributed by atoms with Crippen LogP contribution in [0.1, 0.15) is 19.3 Å². The Balaban J connectivity index is 0.000000980. The number of rotatable bonds is 3. The highest BCUT2D eigenvalue weighted by Crippen LogP contribution is 2.37. The van der Waals surface area contributed by atoms with Crippen molar-refractivity contribution in [2.24, 2.45) is 11.7 Å². The average Bonchev–Trinajstić information content (AvgIpc) is 2.81. The molecule has 2 fully saturated rings. The molecule has 0 aromatic heterocycles. The first-order chi connectivity index (χ1) is 6.16. The third-order valence-electron chi connectivity index (χ3n) is 2.70. The Kier molecular flexibility index (Phi) is 3.01. The van der Waals surface area contributed by atoms with Crippen molar-refractivity contribution in [3.05, 3.63) is 0 Å². The van der Waals surface area contributed by atoms with Crippen LogP contribution in [0, 0.1) is 5.92 Å². The fourth-order valence-corrected chi connectivity index (χ4v) is 1.71. The van der Waals surface area contributed by atoms with Gasteiger partial charge in [0.1, 0.15) is 5.54 Å². The van der Waals surface area contributed by atoms with Gasteiger partial charge in [-0.1, -0.05) is 12.8 Å².